The zero-order valence-electron chi connectivity index (χ0n) is 17.9. The lowest BCUT2D eigenvalue weighted by Gasteiger charge is -2.13. The Morgan fingerprint density at radius 2 is 1.61 bits per heavy atom. The lowest BCUT2D eigenvalue weighted by Crippen LogP contribution is -2.34. The summed E-state index contributed by atoms with van der Waals surface area (Å²) < 4.78 is 5.14. The van der Waals surface area contributed by atoms with Crippen LogP contribution in [0.1, 0.15) is 54.3 Å². The van der Waals surface area contributed by atoms with Gasteiger partial charge in [-0.1, -0.05) is 19.1 Å². The summed E-state index contributed by atoms with van der Waals surface area (Å²) in [6.45, 7) is 5.10. The van der Waals surface area contributed by atoms with Crippen LogP contribution in [-0.2, 0) is 9.53 Å². The molecule has 0 unspecified atom stereocenters. The third-order valence-corrected chi connectivity index (χ3v) is 4.12. The van der Waals surface area contributed by atoms with Gasteiger partial charge in [0.05, 0.1) is 11.3 Å². The highest BCUT2D eigenvalue weighted by molar-refractivity contribution is 6.03. The van der Waals surface area contributed by atoms with E-state index >= 15 is 0 Å². The lowest BCUT2D eigenvalue weighted by molar-refractivity contribution is -0.116. The van der Waals surface area contributed by atoms with Gasteiger partial charge in [0.1, 0.15) is 0 Å². The highest BCUT2D eigenvalue weighted by Gasteiger charge is 2.17. The fraction of sp³-hybridized carbons (Fsp3) is 0.304. The monoisotopic (exact) mass is 425 g/mol. The van der Waals surface area contributed by atoms with Gasteiger partial charge in [0, 0.05) is 23.7 Å². The van der Waals surface area contributed by atoms with Crippen molar-refractivity contribution in [2.45, 2.75) is 39.7 Å². The summed E-state index contributed by atoms with van der Waals surface area (Å²) in [6, 6.07) is 12.2. The number of rotatable bonds is 9. The third kappa shape index (κ3) is 7.58. The lowest BCUT2D eigenvalue weighted by atomic mass is 10.1. The zero-order chi connectivity index (χ0) is 22.8. The number of Topliss-reactive ketones (excluding diaryl/α,β-unsaturated/α-hetero) is 1. The van der Waals surface area contributed by atoms with Gasteiger partial charge in [0.25, 0.3) is 0 Å². The van der Waals surface area contributed by atoms with Gasteiger partial charge in [-0.3, -0.25) is 9.59 Å². The van der Waals surface area contributed by atoms with E-state index in [1.165, 1.54) is 6.07 Å². The third-order valence-electron chi connectivity index (χ3n) is 4.12. The van der Waals surface area contributed by atoms with E-state index in [1.54, 1.807) is 42.5 Å². The van der Waals surface area contributed by atoms with Crippen LogP contribution < -0.4 is 16.0 Å². The maximum atomic E-state index is 12.4. The zero-order valence-corrected chi connectivity index (χ0v) is 17.9. The number of benzene rings is 2. The number of ether oxygens (including phenoxy) is 1. The van der Waals surface area contributed by atoms with Gasteiger partial charge < -0.3 is 20.7 Å². The number of ketones is 1. The number of urea groups is 1. The van der Waals surface area contributed by atoms with Gasteiger partial charge >= 0.3 is 12.0 Å². The average Bonchev–Trinajstić information content (AvgIpc) is 2.72. The largest absolute Gasteiger partial charge is 0.454 e. The van der Waals surface area contributed by atoms with Gasteiger partial charge in [-0.2, -0.15) is 0 Å². The molecule has 2 rings (SSSR count). The van der Waals surface area contributed by atoms with E-state index in [4.69, 9.17) is 4.74 Å². The van der Waals surface area contributed by atoms with Crippen LogP contribution in [0.3, 0.4) is 0 Å². The van der Waals surface area contributed by atoms with Crippen LogP contribution in [0.5, 0.6) is 0 Å². The second-order valence-electron chi connectivity index (χ2n) is 7.17. The molecule has 0 radical (unpaired) electrons. The Bertz CT molecular complexity index is 938. The van der Waals surface area contributed by atoms with E-state index in [-0.39, 0.29) is 29.0 Å². The quantitative estimate of drug-likeness (QED) is 0.415. The van der Waals surface area contributed by atoms with E-state index < -0.39 is 18.6 Å². The fourth-order valence-electron chi connectivity index (χ4n) is 2.67. The van der Waals surface area contributed by atoms with Gasteiger partial charge in [-0.05, 0) is 56.7 Å². The Balaban J connectivity index is 1.96. The molecule has 2 aromatic rings. The highest BCUT2D eigenvalue weighted by atomic mass is 16.5. The van der Waals surface area contributed by atoms with Crippen LogP contribution in [0, 0.1) is 0 Å². The molecule has 0 spiro atoms. The molecule has 0 saturated heterocycles. The Hall–Kier alpha value is -3.68. The van der Waals surface area contributed by atoms with E-state index in [0.717, 1.165) is 6.42 Å². The van der Waals surface area contributed by atoms with Crippen molar-refractivity contribution in [3.05, 3.63) is 59.7 Å². The number of anilines is 2. The molecule has 0 aliphatic rings. The standard InChI is InChI=1S/C23H27N3O5/c1-4-7-21(28)25-17-12-10-16(11-13-17)20(27)14-31-22(29)18-8-5-6-9-19(18)26-23(30)24-15(2)3/h5-6,8-13,15H,4,7,14H2,1-3H3,(H,25,28)(H2,24,26,30). The molecular weight excluding hydrogens is 398 g/mol. The van der Waals surface area contributed by atoms with Crippen LogP contribution in [0.25, 0.3) is 0 Å². The molecule has 3 N–H and O–H groups in total. The molecule has 0 heterocycles. The van der Waals surface area contributed by atoms with E-state index in [1.807, 2.05) is 20.8 Å². The Morgan fingerprint density at radius 1 is 0.935 bits per heavy atom. The van der Waals surface area contributed by atoms with Crippen molar-refractivity contribution in [3.63, 3.8) is 0 Å². The Labute approximate surface area is 181 Å². The summed E-state index contributed by atoms with van der Waals surface area (Å²) in [4.78, 5) is 48.4. The molecule has 0 fully saturated rings. The molecule has 31 heavy (non-hydrogen) atoms. The van der Waals surface area contributed by atoms with E-state index in [9.17, 15) is 19.2 Å². The van der Waals surface area contributed by atoms with E-state index in [2.05, 4.69) is 16.0 Å². The van der Waals surface area contributed by atoms with E-state index in [0.29, 0.717) is 17.7 Å². The summed E-state index contributed by atoms with van der Waals surface area (Å²) >= 11 is 0. The smallest absolute Gasteiger partial charge is 0.340 e. The molecule has 0 atom stereocenters. The number of para-hydroxylation sites is 1. The minimum atomic E-state index is -0.725. The highest BCUT2D eigenvalue weighted by Crippen LogP contribution is 2.17. The second kappa shape index (κ2) is 11.5. The first-order valence-corrected chi connectivity index (χ1v) is 10.1. The topological polar surface area (TPSA) is 114 Å². The number of carbonyl (C=O) groups is 4. The molecule has 164 valence electrons. The average molecular weight is 425 g/mol. The van der Waals surface area contributed by atoms with Crippen LogP contribution >= 0.6 is 0 Å². The molecule has 0 aromatic heterocycles. The normalized spacial score (nSPS) is 10.3. The first kappa shape index (κ1) is 23.6. The van der Waals surface area contributed by atoms with Gasteiger partial charge in [0.15, 0.2) is 12.4 Å². The van der Waals surface area contributed by atoms with Crippen molar-refractivity contribution in [3.8, 4) is 0 Å². The van der Waals surface area contributed by atoms with Crippen LogP contribution in [0.4, 0.5) is 16.2 Å². The van der Waals surface area contributed by atoms with Crippen LogP contribution in [0.15, 0.2) is 48.5 Å². The number of esters is 1. The minimum absolute atomic E-state index is 0.0666. The van der Waals surface area contributed by atoms with Crippen molar-refractivity contribution in [1.29, 1.82) is 0 Å². The summed E-state index contributed by atoms with van der Waals surface area (Å²) in [6.07, 6.45) is 1.17. The summed E-state index contributed by atoms with van der Waals surface area (Å²) in [5.41, 5.74) is 1.36. The first-order chi connectivity index (χ1) is 14.8. The maximum Gasteiger partial charge on any atom is 0.340 e. The SMILES string of the molecule is CCCC(=O)Nc1ccc(C(=O)COC(=O)c2ccccc2NC(=O)NC(C)C)cc1. The van der Waals surface area contributed by atoms with Gasteiger partial charge in [0.2, 0.25) is 5.91 Å². The number of hydrogen-bond donors (Lipinski definition) is 3. The molecule has 0 aliphatic carbocycles. The molecule has 0 aliphatic heterocycles. The minimum Gasteiger partial charge on any atom is -0.454 e. The predicted octanol–water partition coefficient (Wildman–Crippen LogP) is 3.99. The fourth-order valence-corrected chi connectivity index (χ4v) is 2.67. The number of hydrogen-bond acceptors (Lipinski definition) is 5. The summed E-state index contributed by atoms with van der Waals surface area (Å²) in [7, 11) is 0. The van der Waals surface area contributed by atoms with Crippen molar-refractivity contribution in [2.24, 2.45) is 0 Å². The number of amides is 3. The van der Waals surface area contributed by atoms with Crippen LogP contribution in [-0.4, -0.2) is 36.3 Å². The second-order valence-corrected chi connectivity index (χ2v) is 7.17. The Kier molecular flexibility index (Phi) is 8.75. The van der Waals surface area contributed by atoms with Crippen molar-refractivity contribution < 1.29 is 23.9 Å². The van der Waals surface area contributed by atoms with Crippen molar-refractivity contribution in [1.82, 2.24) is 5.32 Å². The molecule has 0 bridgehead atoms. The molecule has 8 nitrogen and oxygen atoms in total. The number of carbonyl (C=O) groups excluding carboxylic acids is 4. The Morgan fingerprint density at radius 3 is 2.26 bits per heavy atom. The predicted molar refractivity (Wildman–Crippen MR) is 118 cm³/mol. The number of nitrogens with one attached hydrogen (secondary N) is 3. The molecular formula is C23H27N3O5. The van der Waals surface area contributed by atoms with Crippen molar-refractivity contribution in [2.75, 3.05) is 17.2 Å². The van der Waals surface area contributed by atoms with Crippen LogP contribution in [0.2, 0.25) is 0 Å². The molecule has 8 heteroatoms. The molecule has 0 saturated carbocycles. The first-order valence-electron chi connectivity index (χ1n) is 10.1. The van der Waals surface area contributed by atoms with Gasteiger partial charge in [-0.15, -0.1) is 0 Å². The van der Waals surface area contributed by atoms with Gasteiger partial charge in [-0.25, -0.2) is 9.59 Å². The van der Waals surface area contributed by atoms with Crippen molar-refractivity contribution >= 4 is 35.1 Å². The summed E-state index contributed by atoms with van der Waals surface area (Å²) in [5.74, 6) is -1.20. The summed E-state index contributed by atoms with van der Waals surface area (Å²) in [5, 5.41) is 8.01. The maximum absolute atomic E-state index is 12.4. The molecule has 3 amide bonds. The molecule has 2 aromatic carbocycles.